The van der Waals surface area contributed by atoms with Crippen molar-refractivity contribution < 1.29 is 9.59 Å². The Morgan fingerprint density at radius 3 is 2.76 bits per heavy atom. The van der Waals surface area contributed by atoms with Crippen LogP contribution in [0.15, 0.2) is 24.3 Å². The van der Waals surface area contributed by atoms with Gasteiger partial charge in [0, 0.05) is 12.6 Å². The van der Waals surface area contributed by atoms with Gasteiger partial charge in [0.2, 0.25) is 5.91 Å². The molecule has 1 aromatic rings. The highest BCUT2D eigenvalue weighted by Crippen LogP contribution is 2.05. The molecule has 0 aromatic heterocycles. The minimum Gasteiger partial charge on any atom is -0.358 e. The number of carbonyl (C=O) groups is 2. The first-order chi connectivity index (χ1) is 8.17. The molecule has 0 heterocycles. The summed E-state index contributed by atoms with van der Waals surface area (Å²) in [6.07, 6.45) is 0.733. The van der Waals surface area contributed by atoms with Gasteiger partial charge < -0.3 is 16.4 Å². The van der Waals surface area contributed by atoms with E-state index in [0.29, 0.717) is 12.1 Å². The van der Waals surface area contributed by atoms with Crippen molar-refractivity contribution in [3.05, 3.63) is 35.4 Å². The molecule has 0 spiro atoms. The highest BCUT2D eigenvalue weighted by atomic mass is 16.2. The van der Waals surface area contributed by atoms with E-state index in [2.05, 4.69) is 10.6 Å². The first-order valence-corrected chi connectivity index (χ1v) is 5.45. The molecule has 0 aliphatic heterocycles. The molecule has 0 radical (unpaired) electrons. The SMILES string of the molecule is CNC(=O)CNC(=O)c1cccc(CCN)c1. The standard InChI is InChI=1S/C12H17N3O2/c1-14-11(16)8-15-12(17)10-4-2-3-9(7-10)5-6-13/h2-4,7H,5-6,8,13H2,1H3,(H,14,16)(H,15,17). The van der Waals surface area contributed by atoms with Crippen LogP contribution in [0.4, 0.5) is 0 Å². The normalized spacial score (nSPS) is 9.76. The van der Waals surface area contributed by atoms with Gasteiger partial charge in [-0.2, -0.15) is 0 Å². The van der Waals surface area contributed by atoms with Crippen LogP contribution < -0.4 is 16.4 Å². The zero-order chi connectivity index (χ0) is 12.7. The quantitative estimate of drug-likeness (QED) is 0.653. The number of nitrogens with one attached hydrogen (secondary N) is 2. The van der Waals surface area contributed by atoms with Gasteiger partial charge >= 0.3 is 0 Å². The Hall–Kier alpha value is -1.88. The average molecular weight is 235 g/mol. The molecular formula is C12H17N3O2. The van der Waals surface area contributed by atoms with Crippen LogP contribution in [0.1, 0.15) is 15.9 Å². The second kappa shape index (κ2) is 6.65. The smallest absolute Gasteiger partial charge is 0.251 e. The van der Waals surface area contributed by atoms with E-state index in [9.17, 15) is 9.59 Å². The van der Waals surface area contributed by atoms with Crippen molar-refractivity contribution in [2.45, 2.75) is 6.42 Å². The molecule has 0 unspecified atom stereocenters. The van der Waals surface area contributed by atoms with Crippen LogP contribution in [0, 0.1) is 0 Å². The largest absolute Gasteiger partial charge is 0.358 e. The third-order valence-corrected chi connectivity index (χ3v) is 2.31. The molecule has 1 aromatic carbocycles. The fourth-order valence-electron chi connectivity index (χ4n) is 1.39. The van der Waals surface area contributed by atoms with Gasteiger partial charge in [0.05, 0.1) is 6.54 Å². The molecule has 2 amide bonds. The van der Waals surface area contributed by atoms with Crippen molar-refractivity contribution in [1.82, 2.24) is 10.6 Å². The molecule has 5 heteroatoms. The molecule has 0 atom stereocenters. The number of nitrogens with two attached hydrogens (primary N) is 1. The third-order valence-electron chi connectivity index (χ3n) is 2.31. The number of benzene rings is 1. The Balaban J connectivity index is 2.62. The van der Waals surface area contributed by atoms with E-state index in [4.69, 9.17) is 5.73 Å². The zero-order valence-electron chi connectivity index (χ0n) is 9.82. The average Bonchev–Trinajstić information content (AvgIpc) is 2.36. The van der Waals surface area contributed by atoms with E-state index >= 15 is 0 Å². The summed E-state index contributed by atoms with van der Waals surface area (Å²) in [6, 6.07) is 7.22. The highest BCUT2D eigenvalue weighted by molar-refractivity contribution is 5.96. The summed E-state index contributed by atoms with van der Waals surface area (Å²) in [7, 11) is 1.52. The predicted octanol–water partition coefficient (Wildman–Crippen LogP) is -0.336. The number of rotatable bonds is 5. The van der Waals surface area contributed by atoms with Crippen LogP contribution in [-0.4, -0.2) is 32.0 Å². The Morgan fingerprint density at radius 2 is 2.12 bits per heavy atom. The van der Waals surface area contributed by atoms with E-state index < -0.39 is 0 Å². The number of hydrogen-bond donors (Lipinski definition) is 3. The lowest BCUT2D eigenvalue weighted by molar-refractivity contribution is -0.119. The van der Waals surface area contributed by atoms with Crippen LogP contribution >= 0.6 is 0 Å². The topological polar surface area (TPSA) is 84.2 Å². The van der Waals surface area contributed by atoms with E-state index in [-0.39, 0.29) is 18.4 Å². The molecule has 0 saturated heterocycles. The maximum absolute atomic E-state index is 11.7. The van der Waals surface area contributed by atoms with Crippen LogP contribution in [0.2, 0.25) is 0 Å². The fraction of sp³-hybridized carbons (Fsp3) is 0.333. The number of likely N-dealkylation sites (N-methyl/N-ethyl adjacent to an activating group) is 1. The Kier molecular flexibility index (Phi) is 5.16. The van der Waals surface area contributed by atoms with Gasteiger partial charge in [0.25, 0.3) is 5.91 Å². The summed E-state index contributed by atoms with van der Waals surface area (Å²) in [5, 5.41) is 4.97. The monoisotopic (exact) mass is 235 g/mol. The first kappa shape index (κ1) is 13.2. The lowest BCUT2D eigenvalue weighted by Crippen LogP contribution is -2.35. The van der Waals surface area contributed by atoms with Gasteiger partial charge in [-0.3, -0.25) is 9.59 Å². The van der Waals surface area contributed by atoms with E-state index in [1.165, 1.54) is 7.05 Å². The number of amides is 2. The maximum Gasteiger partial charge on any atom is 0.251 e. The van der Waals surface area contributed by atoms with Crippen molar-refractivity contribution in [2.24, 2.45) is 5.73 Å². The van der Waals surface area contributed by atoms with E-state index in [0.717, 1.165) is 12.0 Å². The van der Waals surface area contributed by atoms with Gasteiger partial charge in [-0.25, -0.2) is 0 Å². The van der Waals surface area contributed by atoms with Crippen molar-refractivity contribution >= 4 is 11.8 Å². The van der Waals surface area contributed by atoms with E-state index in [1.807, 2.05) is 6.07 Å². The van der Waals surface area contributed by atoms with Crippen molar-refractivity contribution in [2.75, 3.05) is 20.1 Å². The van der Waals surface area contributed by atoms with Crippen LogP contribution in [-0.2, 0) is 11.2 Å². The second-order valence-electron chi connectivity index (χ2n) is 3.59. The summed E-state index contributed by atoms with van der Waals surface area (Å²) in [4.78, 5) is 22.7. The summed E-state index contributed by atoms with van der Waals surface area (Å²) >= 11 is 0. The van der Waals surface area contributed by atoms with E-state index in [1.54, 1.807) is 18.2 Å². The lowest BCUT2D eigenvalue weighted by Gasteiger charge is -2.06. The first-order valence-electron chi connectivity index (χ1n) is 5.45. The molecule has 0 aliphatic rings. The number of hydrogen-bond acceptors (Lipinski definition) is 3. The number of carbonyl (C=O) groups excluding carboxylic acids is 2. The molecule has 17 heavy (non-hydrogen) atoms. The highest BCUT2D eigenvalue weighted by Gasteiger charge is 2.07. The second-order valence-corrected chi connectivity index (χ2v) is 3.59. The Morgan fingerprint density at radius 1 is 1.35 bits per heavy atom. The molecule has 92 valence electrons. The van der Waals surface area contributed by atoms with Gasteiger partial charge in [-0.1, -0.05) is 12.1 Å². The molecular weight excluding hydrogens is 218 g/mol. The fourth-order valence-corrected chi connectivity index (χ4v) is 1.39. The Labute approximate surface area is 100 Å². The van der Waals surface area contributed by atoms with Gasteiger partial charge in [0.15, 0.2) is 0 Å². The zero-order valence-corrected chi connectivity index (χ0v) is 9.82. The summed E-state index contributed by atoms with van der Waals surface area (Å²) in [5.74, 6) is -0.482. The molecule has 0 bridgehead atoms. The van der Waals surface area contributed by atoms with Crippen LogP contribution in [0.25, 0.3) is 0 Å². The third kappa shape index (κ3) is 4.24. The summed E-state index contributed by atoms with van der Waals surface area (Å²) < 4.78 is 0. The van der Waals surface area contributed by atoms with Gasteiger partial charge in [-0.05, 0) is 30.7 Å². The molecule has 0 aliphatic carbocycles. The summed E-state index contributed by atoms with van der Waals surface area (Å²) in [6.45, 7) is 0.528. The van der Waals surface area contributed by atoms with Crippen molar-refractivity contribution in [1.29, 1.82) is 0 Å². The van der Waals surface area contributed by atoms with Crippen LogP contribution in [0.3, 0.4) is 0 Å². The molecule has 0 saturated carbocycles. The van der Waals surface area contributed by atoms with Crippen LogP contribution in [0.5, 0.6) is 0 Å². The maximum atomic E-state index is 11.7. The molecule has 4 N–H and O–H groups in total. The lowest BCUT2D eigenvalue weighted by atomic mass is 10.1. The molecule has 0 fully saturated rings. The Bertz CT molecular complexity index is 404. The summed E-state index contributed by atoms with van der Waals surface area (Å²) in [5.41, 5.74) is 7.01. The van der Waals surface area contributed by atoms with Gasteiger partial charge in [0.1, 0.15) is 0 Å². The van der Waals surface area contributed by atoms with Crippen molar-refractivity contribution in [3.8, 4) is 0 Å². The minimum atomic E-state index is -0.257. The van der Waals surface area contributed by atoms with Gasteiger partial charge in [-0.15, -0.1) is 0 Å². The molecule has 1 rings (SSSR count). The minimum absolute atomic E-state index is 0.0174. The predicted molar refractivity (Wildman–Crippen MR) is 65.6 cm³/mol. The van der Waals surface area contributed by atoms with Crippen molar-refractivity contribution in [3.63, 3.8) is 0 Å². The molecule has 5 nitrogen and oxygen atoms in total.